The van der Waals surface area contributed by atoms with E-state index in [2.05, 4.69) is 25.1 Å². The van der Waals surface area contributed by atoms with Gasteiger partial charge in [-0.2, -0.15) is 4.98 Å². The summed E-state index contributed by atoms with van der Waals surface area (Å²) in [5.41, 5.74) is 8.61. The molecule has 0 spiro atoms. The van der Waals surface area contributed by atoms with Gasteiger partial charge in [0.05, 0.1) is 11.9 Å². The predicted molar refractivity (Wildman–Crippen MR) is 90.5 cm³/mol. The standard InChI is InChI=1S/C17H12N6O.H2/c18-15-14(21-13(10-20-15)12-7-4-8-19-9-12)16-22-17(24-23-16)11-5-2-1-3-6-11;/h1-10H,(H2,18,20);1H. The highest BCUT2D eigenvalue weighted by atomic mass is 16.5. The summed E-state index contributed by atoms with van der Waals surface area (Å²) in [6.07, 6.45) is 4.99. The first kappa shape index (κ1) is 14.0. The third-order valence-electron chi connectivity index (χ3n) is 3.42. The van der Waals surface area contributed by atoms with E-state index in [1.165, 1.54) is 0 Å². The van der Waals surface area contributed by atoms with Crippen LogP contribution in [-0.2, 0) is 0 Å². The number of nitrogen functional groups attached to an aromatic ring is 1. The zero-order valence-electron chi connectivity index (χ0n) is 12.5. The van der Waals surface area contributed by atoms with Crippen LogP contribution in [0.15, 0.2) is 65.6 Å². The highest BCUT2D eigenvalue weighted by Crippen LogP contribution is 2.26. The second kappa shape index (κ2) is 5.88. The minimum absolute atomic E-state index is 0. The average Bonchev–Trinajstić information content (AvgIpc) is 3.13. The van der Waals surface area contributed by atoms with Gasteiger partial charge in [0.15, 0.2) is 11.5 Å². The van der Waals surface area contributed by atoms with Crippen LogP contribution in [0.3, 0.4) is 0 Å². The minimum atomic E-state index is 0. The number of pyridine rings is 1. The van der Waals surface area contributed by atoms with Gasteiger partial charge in [-0.25, -0.2) is 9.97 Å². The normalized spacial score (nSPS) is 10.7. The van der Waals surface area contributed by atoms with Crippen molar-refractivity contribution in [1.29, 1.82) is 0 Å². The SMILES string of the molecule is Nc1ncc(-c2cccnc2)nc1-c1noc(-c2ccccc2)n1.[HH]. The van der Waals surface area contributed by atoms with Crippen LogP contribution in [0.5, 0.6) is 0 Å². The van der Waals surface area contributed by atoms with E-state index in [4.69, 9.17) is 10.3 Å². The van der Waals surface area contributed by atoms with Crippen LogP contribution in [0.1, 0.15) is 1.43 Å². The number of nitrogens with two attached hydrogens (primary N) is 1. The molecule has 3 heterocycles. The van der Waals surface area contributed by atoms with E-state index in [1.54, 1.807) is 18.6 Å². The number of nitrogens with zero attached hydrogens (tertiary/aromatic N) is 5. The van der Waals surface area contributed by atoms with Crippen molar-refractivity contribution in [3.63, 3.8) is 0 Å². The number of rotatable bonds is 3. The molecular formula is C17H14N6O. The van der Waals surface area contributed by atoms with Gasteiger partial charge in [-0.05, 0) is 24.3 Å². The maximum absolute atomic E-state index is 5.94. The third-order valence-corrected chi connectivity index (χ3v) is 3.42. The maximum atomic E-state index is 5.94. The Morgan fingerprint density at radius 2 is 1.75 bits per heavy atom. The quantitative estimate of drug-likeness (QED) is 0.619. The summed E-state index contributed by atoms with van der Waals surface area (Å²) >= 11 is 0. The summed E-state index contributed by atoms with van der Waals surface area (Å²) in [6.45, 7) is 0. The molecule has 4 rings (SSSR count). The molecule has 3 aromatic heterocycles. The lowest BCUT2D eigenvalue weighted by Gasteiger charge is -2.03. The van der Waals surface area contributed by atoms with E-state index in [-0.39, 0.29) is 7.24 Å². The fraction of sp³-hybridized carbons (Fsp3) is 0. The lowest BCUT2D eigenvalue weighted by molar-refractivity contribution is 0.432. The first-order chi connectivity index (χ1) is 11.8. The van der Waals surface area contributed by atoms with E-state index in [9.17, 15) is 0 Å². The van der Waals surface area contributed by atoms with E-state index in [0.29, 0.717) is 23.1 Å². The summed E-state index contributed by atoms with van der Waals surface area (Å²) < 4.78 is 5.31. The predicted octanol–water partition coefficient (Wildman–Crippen LogP) is 3.08. The van der Waals surface area contributed by atoms with Crippen molar-refractivity contribution >= 4 is 5.82 Å². The van der Waals surface area contributed by atoms with Crippen LogP contribution in [0.25, 0.3) is 34.2 Å². The highest BCUT2D eigenvalue weighted by Gasteiger charge is 2.16. The molecule has 0 bridgehead atoms. The molecule has 0 amide bonds. The van der Waals surface area contributed by atoms with Gasteiger partial charge in [0, 0.05) is 24.9 Å². The van der Waals surface area contributed by atoms with E-state index in [0.717, 1.165) is 11.1 Å². The second-order valence-electron chi connectivity index (χ2n) is 5.02. The third kappa shape index (κ3) is 2.58. The molecule has 1 aromatic carbocycles. The Kier molecular flexibility index (Phi) is 3.43. The largest absolute Gasteiger partial charge is 0.382 e. The number of benzene rings is 1. The fourth-order valence-corrected chi connectivity index (χ4v) is 2.23. The van der Waals surface area contributed by atoms with Crippen LogP contribution >= 0.6 is 0 Å². The van der Waals surface area contributed by atoms with Crippen LogP contribution in [0.4, 0.5) is 5.82 Å². The molecule has 0 aliphatic heterocycles. The Morgan fingerprint density at radius 3 is 2.54 bits per heavy atom. The van der Waals surface area contributed by atoms with Gasteiger partial charge in [-0.3, -0.25) is 4.98 Å². The molecule has 0 fully saturated rings. The Labute approximate surface area is 138 Å². The van der Waals surface area contributed by atoms with Crippen molar-refractivity contribution < 1.29 is 5.95 Å². The van der Waals surface area contributed by atoms with Crippen molar-refractivity contribution in [2.75, 3.05) is 5.73 Å². The zero-order valence-corrected chi connectivity index (χ0v) is 12.5. The zero-order chi connectivity index (χ0) is 16.4. The lowest BCUT2D eigenvalue weighted by Crippen LogP contribution is -2.00. The molecule has 2 N–H and O–H groups in total. The molecule has 24 heavy (non-hydrogen) atoms. The molecule has 7 heteroatoms. The van der Waals surface area contributed by atoms with Crippen LogP contribution in [-0.4, -0.2) is 25.1 Å². The number of hydrogen-bond donors (Lipinski definition) is 1. The highest BCUT2D eigenvalue weighted by molar-refractivity contribution is 5.69. The van der Waals surface area contributed by atoms with Gasteiger partial charge in [0.2, 0.25) is 5.82 Å². The van der Waals surface area contributed by atoms with Gasteiger partial charge >= 0.3 is 0 Å². The summed E-state index contributed by atoms with van der Waals surface area (Å²) in [4.78, 5) is 17.1. The molecule has 0 saturated heterocycles. The molecule has 0 aliphatic rings. The van der Waals surface area contributed by atoms with Gasteiger partial charge in [0.25, 0.3) is 5.89 Å². The van der Waals surface area contributed by atoms with Gasteiger partial charge < -0.3 is 10.3 Å². The van der Waals surface area contributed by atoms with Crippen LogP contribution < -0.4 is 5.73 Å². The van der Waals surface area contributed by atoms with Crippen molar-refractivity contribution in [3.8, 4) is 34.2 Å². The Hall–Kier alpha value is -3.61. The summed E-state index contributed by atoms with van der Waals surface area (Å²) in [5, 5.41) is 3.97. The fourth-order valence-electron chi connectivity index (χ4n) is 2.23. The molecule has 0 aliphatic carbocycles. The van der Waals surface area contributed by atoms with Crippen molar-refractivity contribution in [2.24, 2.45) is 0 Å². The molecule has 0 unspecified atom stereocenters. The summed E-state index contributed by atoms with van der Waals surface area (Å²) in [6, 6.07) is 13.2. The number of hydrogen-bond acceptors (Lipinski definition) is 7. The molecular weight excluding hydrogens is 304 g/mol. The molecule has 0 radical (unpaired) electrons. The molecule has 0 saturated carbocycles. The monoisotopic (exact) mass is 318 g/mol. The first-order valence-corrected chi connectivity index (χ1v) is 7.23. The van der Waals surface area contributed by atoms with Gasteiger partial charge in [0.1, 0.15) is 0 Å². The Balaban J connectivity index is 0.00000182. The first-order valence-electron chi connectivity index (χ1n) is 7.23. The smallest absolute Gasteiger partial charge is 0.258 e. The topological polar surface area (TPSA) is 104 Å². The van der Waals surface area contributed by atoms with Gasteiger partial charge in [-0.15, -0.1) is 0 Å². The maximum Gasteiger partial charge on any atom is 0.258 e. The van der Waals surface area contributed by atoms with Gasteiger partial charge in [-0.1, -0.05) is 23.4 Å². The molecule has 0 atom stereocenters. The Bertz CT molecular complexity index is 975. The van der Waals surface area contributed by atoms with E-state index < -0.39 is 0 Å². The minimum Gasteiger partial charge on any atom is -0.382 e. The van der Waals surface area contributed by atoms with Crippen molar-refractivity contribution in [1.82, 2.24) is 25.1 Å². The van der Waals surface area contributed by atoms with Crippen LogP contribution in [0, 0.1) is 0 Å². The Morgan fingerprint density at radius 1 is 0.917 bits per heavy atom. The average molecular weight is 318 g/mol. The summed E-state index contributed by atoms with van der Waals surface area (Å²) in [7, 11) is 0. The number of aromatic nitrogens is 5. The van der Waals surface area contributed by atoms with E-state index in [1.807, 2.05) is 42.5 Å². The van der Waals surface area contributed by atoms with E-state index >= 15 is 0 Å². The second-order valence-corrected chi connectivity index (χ2v) is 5.02. The molecule has 4 aromatic rings. The van der Waals surface area contributed by atoms with Crippen molar-refractivity contribution in [2.45, 2.75) is 0 Å². The lowest BCUT2D eigenvalue weighted by atomic mass is 10.2. The molecule has 118 valence electrons. The van der Waals surface area contributed by atoms with Crippen molar-refractivity contribution in [3.05, 3.63) is 61.1 Å². The number of anilines is 1. The molecule has 7 nitrogen and oxygen atoms in total. The summed E-state index contributed by atoms with van der Waals surface area (Å²) in [5.74, 6) is 0.936. The van der Waals surface area contributed by atoms with Crippen LogP contribution in [0.2, 0.25) is 0 Å².